The Kier molecular flexibility index (Phi) is 5.60. The quantitative estimate of drug-likeness (QED) is 0.831. The molecule has 1 rings (SSSR count). The van der Waals surface area contributed by atoms with Crippen LogP contribution in [0.4, 0.5) is 0 Å². The molecule has 0 unspecified atom stereocenters. The van der Waals surface area contributed by atoms with Crippen LogP contribution in [0, 0.1) is 0 Å². The second kappa shape index (κ2) is 6.74. The zero-order valence-corrected chi connectivity index (χ0v) is 10.5. The molecule has 16 heavy (non-hydrogen) atoms. The van der Waals surface area contributed by atoms with Crippen molar-refractivity contribution in [3.63, 3.8) is 0 Å². The fraction of sp³-hybridized carbons (Fsp3) is 0.500. The van der Waals surface area contributed by atoms with E-state index in [9.17, 15) is 0 Å². The maximum Gasteiger partial charge on any atom is 0.123 e. The standard InChI is InChI=1S/C12H18ClNO2/c1-3-14(6-7-15)9-10-8-11(13)4-5-12(10)16-2/h4-5,8,15H,3,6-7,9H2,1-2H3. The summed E-state index contributed by atoms with van der Waals surface area (Å²) in [7, 11) is 1.65. The third-order valence-corrected chi connectivity index (χ3v) is 2.73. The van der Waals surface area contributed by atoms with E-state index in [1.165, 1.54) is 0 Å². The third kappa shape index (κ3) is 3.67. The van der Waals surface area contributed by atoms with Gasteiger partial charge in [-0.2, -0.15) is 0 Å². The highest BCUT2D eigenvalue weighted by atomic mass is 35.5. The zero-order valence-electron chi connectivity index (χ0n) is 9.74. The lowest BCUT2D eigenvalue weighted by molar-refractivity contribution is 0.195. The summed E-state index contributed by atoms with van der Waals surface area (Å²) in [4.78, 5) is 2.13. The van der Waals surface area contributed by atoms with Gasteiger partial charge in [0.25, 0.3) is 0 Å². The van der Waals surface area contributed by atoms with Crippen molar-refractivity contribution in [1.82, 2.24) is 4.90 Å². The SMILES string of the molecule is CCN(CCO)Cc1cc(Cl)ccc1OC. The molecule has 4 heteroatoms. The molecule has 90 valence electrons. The number of hydrogen-bond donors (Lipinski definition) is 1. The summed E-state index contributed by atoms with van der Waals surface area (Å²) in [5.74, 6) is 0.834. The second-order valence-electron chi connectivity index (χ2n) is 3.55. The minimum Gasteiger partial charge on any atom is -0.496 e. The molecule has 0 heterocycles. The summed E-state index contributed by atoms with van der Waals surface area (Å²) in [6.45, 7) is 4.51. The molecular formula is C12H18ClNO2. The number of hydrogen-bond acceptors (Lipinski definition) is 3. The lowest BCUT2D eigenvalue weighted by atomic mass is 10.2. The van der Waals surface area contributed by atoms with Gasteiger partial charge in [-0.3, -0.25) is 4.90 Å². The van der Waals surface area contributed by atoms with E-state index in [1.54, 1.807) is 7.11 Å². The molecule has 0 fully saturated rings. The maximum absolute atomic E-state index is 8.93. The van der Waals surface area contributed by atoms with Crippen LogP contribution < -0.4 is 4.74 Å². The van der Waals surface area contributed by atoms with Crippen molar-refractivity contribution in [3.05, 3.63) is 28.8 Å². The average molecular weight is 244 g/mol. The van der Waals surface area contributed by atoms with Crippen LogP contribution in [0.2, 0.25) is 5.02 Å². The molecular weight excluding hydrogens is 226 g/mol. The van der Waals surface area contributed by atoms with Crippen molar-refractivity contribution in [3.8, 4) is 5.75 Å². The normalized spacial score (nSPS) is 10.8. The number of rotatable bonds is 6. The Morgan fingerprint density at radius 2 is 2.19 bits per heavy atom. The van der Waals surface area contributed by atoms with Crippen molar-refractivity contribution in [2.24, 2.45) is 0 Å². The smallest absolute Gasteiger partial charge is 0.123 e. The first kappa shape index (κ1) is 13.3. The lowest BCUT2D eigenvalue weighted by Crippen LogP contribution is -2.26. The van der Waals surface area contributed by atoms with Gasteiger partial charge in [0.05, 0.1) is 13.7 Å². The molecule has 3 nitrogen and oxygen atoms in total. The molecule has 0 saturated heterocycles. The molecule has 1 aromatic rings. The largest absolute Gasteiger partial charge is 0.496 e. The molecule has 0 atom stereocenters. The van der Waals surface area contributed by atoms with E-state index in [2.05, 4.69) is 11.8 Å². The Labute approximate surface area is 102 Å². The molecule has 0 radical (unpaired) electrons. The number of benzene rings is 1. The van der Waals surface area contributed by atoms with Gasteiger partial charge in [0.15, 0.2) is 0 Å². The molecule has 1 N–H and O–H groups in total. The van der Waals surface area contributed by atoms with Crippen LogP contribution in [0.5, 0.6) is 5.75 Å². The summed E-state index contributed by atoms with van der Waals surface area (Å²) in [5, 5.41) is 9.63. The summed E-state index contributed by atoms with van der Waals surface area (Å²) in [6.07, 6.45) is 0. The summed E-state index contributed by atoms with van der Waals surface area (Å²) in [6, 6.07) is 5.58. The first-order valence-electron chi connectivity index (χ1n) is 5.36. The highest BCUT2D eigenvalue weighted by Gasteiger charge is 2.08. The number of halogens is 1. The Morgan fingerprint density at radius 3 is 2.75 bits per heavy atom. The zero-order chi connectivity index (χ0) is 12.0. The molecule has 0 aliphatic heterocycles. The lowest BCUT2D eigenvalue weighted by Gasteiger charge is -2.20. The highest BCUT2D eigenvalue weighted by molar-refractivity contribution is 6.30. The Hall–Kier alpha value is -0.770. The number of aliphatic hydroxyl groups is 1. The van der Waals surface area contributed by atoms with E-state index in [-0.39, 0.29) is 6.61 Å². The number of ether oxygens (including phenoxy) is 1. The topological polar surface area (TPSA) is 32.7 Å². The average Bonchev–Trinajstić information content (AvgIpc) is 2.29. The monoisotopic (exact) mass is 243 g/mol. The predicted octanol–water partition coefficient (Wildman–Crippen LogP) is 2.16. The van der Waals surface area contributed by atoms with E-state index in [0.717, 1.165) is 24.4 Å². The predicted molar refractivity (Wildman–Crippen MR) is 66.0 cm³/mol. The first-order chi connectivity index (χ1) is 7.71. The minimum absolute atomic E-state index is 0.163. The molecule has 0 aromatic heterocycles. The van der Waals surface area contributed by atoms with Crippen LogP contribution in [0.25, 0.3) is 0 Å². The second-order valence-corrected chi connectivity index (χ2v) is 3.98. The number of likely N-dealkylation sites (N-methyl/N-ethyl adjacent to an activating group) is 1. The summed E-state index contributed by atoms with van der Waals surface area (Å²) >= 11 is 5.95. The van der Waals surface area contributed by atoms with Crippen molar-refractivity contribution in [1.29, 1.82) is 0 Å². The van der Waals surface area contributed by atoms with Crippen LogP contribution in [0.1, 0.15) is 12.5 Å². The fourth-order valence-electron chi connectivity index (χ4n) is 1.60. The molecule has 1 aromatic carbocycles. The van der Waals surface area contributed by atoms with Crippen molar-refractivity contribution in [2.75, 3.05) is 26.8 Å². The van der Waals surface area contributed by atoms with Crippen LogP contribution in [0.15, 0.2) is 18.2 Å². The molecule has 0 amide bonds. The number of methoxy groups -OCH3 is 1. The van der Waals surface area contributed by atoms with Crippen LogP contribution >= 0.6 is 11.6 Å². The molecule has 0 aliphatic carbocycles. The minimum atomic E-state index is 0.163. The van der Waals surface area contributed by atoms with Crippen molar-refractivity contribution < 1.29 is 9.84 Å². The summed E-state index contributed by atoms with van der Waals surface area (Å²) < 4.78 is 5.28. The first-order valence-corrected chi connectivity index (χ1v) is 5.74. The van der Waals surface area contributed by atoms with Gasteiger partial charge in [0.2, 0.25) is 0 Å². The Morgan fingerprint density at radius 1 is 1.44 bits per heavy atom. The van der Waals surface area contributed by atoms with Crippen molar-refractivity contribution in [2.45, 2.75) is 13.5 Å². The number of nitrogens with zero attached hydrogens (tertiary/aromatic N) is 1. The maximum atomic E-state index is 8.93. The fourth-order valence-corrected chi connectivity index (χ4v) is 1.80. The third-order valence-electron chi connectivity index (χ3n) is 2.50. The van der Waals surface area contributed by atoms with Gasteiger partial charge in [-0.1, -0.05) is 18.5 Å². The van der Waals surface area contributed by atoms with Crippen molar-refractivity contribution >= 4 is 11.6 Å². The number of aliphatic hydroxyl groups excluding tert-OH is 1. The molecule has 0 saturated carbocycles. The van der Waals surface area contributed by atoms with Crippen LogP contribution in [-0.4, -0.2) is 36.8 Å². The molecule has 0 spiro atoms. The van der Waals surface area contributed by atoms with Gasteiger partial charge >= 0.3 is 0 Å². The molecule has 0 aliphatic rings. The highest BCUT2D eigenvalue weighted by Crippen LogP contribution is 2.23. The van der Waals surface area contributed by atoms with Gasteiger partial charge in [0, 0.05) is 23.7 Å². The Bertz CT molecular complexity index is 331. The van der Waals surface area contributed by atoms with Gasteiger partial charge in [-0.25, -0.2) is 0 Å². The van der Waals surface area contributed by atoms with E-state index >= 15 is 0 Å². The van der Waals surface area contributed by atoms with Crippen LogP contribution in [-0.2, 0) is 6.54 Å². The van der Waals surface area contributed by atoms with E-state index in [1.807, 2.05) is 18.2 Å². The van der Waals surface area contributed by atoms with E-state index < -0.39 is 0 Å². The van der Waals surface area contributed by atoms with Gasteiger partial charge in [-0.15, -0.1) is 0 Å². The van der Waals surface area contributed by atoms with Gasteiger partial charge in [-0.05, 0) is 24.7 Å². The van der Waals surface area contributed by atoms with Gasteiger partial charge in [0.1, 0.15) is 5.75 Å². The summed E-state index contributed by atoms with van der Waals surface area (Å²) in [5.41, 5.74) is 1.05. The molecule has 0 bridgehead atoms. The van der Waals surface area contributed by atoms with E-state index in [4.69, 9.17) is 21.4 Å². The van der Waals surface area contributed by atoms with E-state index in [0.29, 0.717) is 11.6 Å². The van der Waals surface area contributed by atoms with Crippen LogP contribution in [0.3, 0.4) is 0 Å². The Balaban J connectivity index is 2.80. The van der Waals surface area contributed by atoms with Gasteiger partial charge < -0.3 is 9.84 Å².